The van der Waals surface area contributed by atoms with Gasteiger partial charge >= 0.3 is 0 Å². The van der Waals surface area contributed by atoms with Crippen LogP contribution in [0.15, 0.2) is 28.7 Å². The van der Waals surface area contributed by atoms with E-state index in [2.05, 4.69) is 50.8 Å². The molecule has 0 aromatic heterocycles. The standard InChI is InChI=1S/C13H19BrN2/c14-13-3-1-11(2-4-13)5-7-15-9-12-6-8-16-10-12/h1-4,12,15-16H,5-10H2. The highest BCUT2D eigenvalue weighted by Crippen LogP contribution is 2.10. The minimum atomic E-state index is 0.838. The second kappa shape index (κ2) is 6.38. The van der Waals surface area contributed by atoms with E-state index in [-0.39, 0.29) is 0 Å². The summed E-state index contributed by atoms with van der Waals surface area (Å²) in [5.41, 5.74) is 1.40. The third-order valence-electron chi connectivity index (χ3n) is 3.10. The average Bonchev–Trinajstić information content (AvgIpc) is 2.80. The van der Waals surface area contributed by atoms with Crippen LogP contribution in [0.4, 0.5) is 0 Å². The zero-order valence-electron chi connectivity index (χ0n) is 9.51. The molecule has 1 aromatic rings. The molecule has 1 fully saturated rings. The summed E-state index contributed by atoms with van der Waals surface area (Å²) < 4.78 is 1.15. The highest BCUT2D eigenvalue weighted by molar-refractivity contribution is 9.10. The molecule has 88 valence electrons. The Morgan fingerprint density at radius 3 is 2.81 bits per heavy atom. The molecule has 0 bridgehead atoms. The van der Waals surface area contributed by atoms with Gasteiger partial charge in [0, 0.05) is 4.47 Å². The number of halogens is 1. The van der Waals surface area contributed by atoms with Crippen molar-refractivity contribution in [2.24, 2.45) is 5.92 Å². The van der Waals surface area contributed by atoms with Gasteiger partial charge in [-0.15, -0.1) is 0 Å². The van der Waals surface area contributed by atoms with Gasteiger partial charge in [-0.2, -0.15) is 0 Å². The number of hydrogen-bond acceptors (Lipinski definition) is 2. The first kappa shape index (κ1) is 12.1. The smallest absolute Gasteiger partial charge is 0.0175 e. The number of benzene rings is 1. The van der Waals surface area contributed by atoms with Gasteiger partial charge in [-0.25, -0.2) is 0 Å². The summed E-state index contributed by atoms with van der Waals surface area (Å²) in [6, 6.07) is 8.58. The first-order valence-corrected chi connectivity index (χ1v) is 6.80. The van der Waals surface area contributed by atoms with Crippen LogP contribution in [0.3, 0.4) is 0 Å². The Morgan fingerprint density at radius 1 is 1.31 bits per heavy atom. The summed E-state index contributed by atoms with van der Waals surface area (Å²) in [7, 11) is 0. The maximum absolute atomic E-state index is 3.54. The van der Waals surface area contributed by atoms with Crippen molar-refractivity contribution in [1.29, 1.82) is 0 Å². The zero-order valence-corrected chi connectivity index (χ0v) is 11.1. The normalized spacial score (nSPS) is 20.2. The van der Waals surface area contributed by atoms with Crippen molar-refractivity contribution in [2.45, 2.75) is 12.8 Å². The molecule has 16 heavy (non-hydrogen) atoms. The Hall–Kier alpha value is -0.380. The van der Waals surface area contributed by atoms with Gasteiger partial charge in [0.1, 0.15) is 0 Å². The molecule has 2 nitrogen and oxygen atoms in total. The van der Waals surface area contributed by atoms with Crippen LogP contribution >= 0.6 is 15.9 Å². The summed E-state index contributed by atoms with van der Waals surface area (Å²) in [6.07, 6.45) is 2.44. The average molecular weight is 283 g/mol. The van der Waals surface area contributed by atoms with E-state index in [1.54, 1.807) is 0 Å². The largest absolute Gasteiger partial charge is 0.316 e. The van der Waals surface area contributed by atoms with Gasteiger partial charge < -0.3 is 10.6 Å². The maximum Gasteiger partial charge on any atom is 0.0175 e. The Labute approximate surface area is 106 Å². The van der Waals surface area contributed by atoms with E-state index in [4.69, 9.17) is 0 Å². The molecule has 1 aliphatic heterocycles. The van der Waals surface area contributed by atoms with Crippen molar-refractivity contribution in [3.05, 3.63) is 34.3 Å². The molecule has 2 N–H and O–H groups in total. The highest BCUT2D eigenvalue weighted by Gasteiger charge is 2.12. The lowest BCUT2D eigenvalue weighted by molar-refractivity contribution is 0.515. The SMILES string of the molecule is Brc1ccc(CCNCC2CCNC2)cc1. The molecule has 0 saturated carbocycles. The topological polar surface area (TPSA) is 24.1 Å². The lowest BCUT2D eigenvalue weighted by Crippen LogP contribution is -2.26. The summed E-state index contributed by atoms with van der Waals surface area (Å²) in [5, 5.41) is 6.93. The molecule has 2 rings (SSSR count). The summed E-state index contributed by atoms with van der Waals surface area (Å²) in [5.74, 6) is 0.838. The van der Waals surface area contributed by atoms with Crippen molar-refractivity contribution in [1.82, 2.24) is 10.6 Å². The molecular formula is C13H19BrN2. The molecule has 1 atom stereocenters. The van der Waals surface area contributed by atoms with Crippen LogP contribution in [0.1, 0.15) is 12.0 Å². The molecular weight excluding hydrogens is 264 g/mol. The molecule has 0 aliphatic carbocycles. The summed E-state index contributed by atoms with van der Waals surface area (Å²) >= 11 is 3.45. The first-order chi connectivity index (χ1) is 7.84. The van der Waals surface area contributed by atoms with Gasteiger partial charge in [0.05, 0.1) is 0 Å². The third-order valence-corrected chi connectivity index (χ3v) is 3.63. The van der Waals surface area contributed by atoms with Crippen molar-refractivity contribution in [2.75, 3.05) is 26.2 Å². The minimum absolute atomic E-state index is 0.838. The van der Waals surface area contributed by atoms with E-state index < -0.39 is 0 Å². The van der Waals surface area contributed by atoms with E-state index in [0.29, 0.717) is 0 Å². The molecule has 0 spiro atoms. The predicted octanol–water partition coefficient (Wildman–Crippen LogP) is 2.19. The molecule has 0 radical (unpaired) electrons. The van der Waals surface area contributed by atoms with Crippen molar-refractivity contribution < 1.29 is 0 Å². The molecule has 1 heterocycles. The molecule has 1 saturated heterocycles. The van der Waals surface area contributed by atoms with Crippen LogP contribution in [0.25, 0.3) is 0 Å². The van der Waals surface area contributed by atoms with Crippen molar-refractivity contribution >= 4 is 15.9 Å². The van der Waals surface area contributed by atoms with E-state index in [0.717, 1.165) is 29.9 Å². The second-order valence-corrected chi connectivity index (χ2v) is 5.36. The highest BCUT2D eigenvalue weighted by atomic mass is 79.9. The van der Waals surface area contributed by atoms with Crippen molar-refractivity contribution in [3.8, 4) is 0 Å². The van der Waals surface area contributed by atoms with Gasteiger partial charge in [-0.05, 0) is 62.6 Å². The fourth-order valence-electron chi connectivity index (χ4n) is 2.08. The molecule has 3 heteroatoms. The van der Waals surface area contributed by atoms with E-state index in [1.807, 2.05) is 0 Å². The fraction of sp³-hybridized carbons (Fsp3) is 0.538. The zero-order chi connectivity index (χ0) is 11.2. The van der Waals surface area contributed by atoms with Crippen LogP contribution in [-0.2, 0) is 6.42 Å². The quantitative estimate of drug-likeness (QED) is 0.809. The van der Waals surface area contributed by atoms with E-state index >= 15 is 0 Å². The summed E-state index contributed by atoms with van der Waals surface area (Å²) in [4.78, 5) is 0. The van der Waals surface area contributed by atoms with E-state index in [9.17, 15) is 0 Å². The monoisotopic (exact) mass is 282 g/mol. The third kappa shape index (κ3) is 3.89. The molecule has 0 amide bonds. The fourth-order valence-corrected chi connectivity index (χ4v) is 2.34. The molecule has 1 aliphatic rings. The lowest BCUT2D eigenvalue weighted by atomic mass is 10.1. The Morgan fingerprint density at radius 2 is 2.12 bits per heavy atom. The maximum atomic E-state index is 3.54. The van der Waals surface area contributed by atoms with Gasteiger partial charge in [0.15, 0.2) is 0 Å². The summed E-state index contributed by atoms with van der Waals surface area (Å²) in [6.45, 7) is 4.62. The Balaban J connectivity index is 1.62. The van der Waals surface area contributed by atoms with Crippen LogP contribution < -0.4 is 10.6 Å². The predicted molar refractivity (Wildman–Crippen MR) is 71.7 cm³/mol. The van der Waals surface area contributed by atoms with Crippen LogP contribution in [-0.4, -0.2) is 26.2 Å². The van der Waals surface area contributed by atoms with Crippen LogP contribution in [0, 0.1) is 5.92 Å². The second-order valence-electron chi connectivity index (χ2n) is 4.44. The van der Waals surface area contributed by atoms with Crippen LogP contribution in [0.5, 0.6) is 0 Å². The van der Waals surface area contributed by atoms with Gasteiger partial charge in [0.2, 0.25) is 0 Å². The molecule has 1 unspecified atom stereocenters. The van der Waals surface area contributed by atoms with E-state index in [1.165, 1.54) is 25.1 Å². The van der Waals surface area contributed by atoms with Crippen LogP contribution in [0.2, 0.25) is 0 Å². The number of rotatable bonds is 5. The van der Waals surface area contributed by atoms with Gasteiger partial charge in [-0.1, -0.05) is 28.1 Å². The van der Waals surface area contributed by atoms with Gasteiger partial charge in [-0.3, -0.25) is 0 Å². The van der Waals surface area contributed by atoms with Crippen molar-refractivity contribution in [3.63, 3.8) is 0 Å². The number of nitrogens with one attached hydrogen (secondary N) is 2. The van der Waals surface area contributed by atoms with Gasteiger partial charge in [0.25, 0.3) is 0 Å². The minimum Gasteiger partial charge on any atom is -0.316 e. The Bertz CT molecular complexity index is 304. The Kier molecular flexibility index (Phi) is 4.82. The number of hydrogen-bond donors (Lipinski definition) is 2. The first-order valence-electron chi connectivity index (χ1n) is 6.00. The lowest BCUT2D eigenvalue weighted by Gasteiger charge is -2.09. The molecule has 1 aromatic carbocycles.